The van der Waals surface area contributed by atoms with Crippen LogP contribution in [0.1, 0.15) is 12.0 Å². The lowest BCUT2D eigenvalue weighted by Crippen LogP contribution is -2.33. The summed E-state index contributed by atoms with van der Waals surface area (Å²) in [5.41, 5.74) is 6.48. The van der Waals surface area contributed by atoms with Gasteiger partial charge in [-0.2, -0.15) is 0 Å². The Labute approximate surface area is 114 Å². The Morgan fingerprint density at radius 2 is 2.33 bits per heavy atom. The van der Waals surface area contributed by atoms with E-state index in [1.54, 1.807) is 7.11 Å². The second-order valence-corrected chi connectivity index (χ2v) is 4.73. The number of benzene rings is 1. The molecule has 0 radical (unpaired) electrons. The number of aliphatic carboxylic acids is 1. The average Bonchev–Trinajstić information content (AvgIpc) is 2.34. The molecule has 0 aliphatic heterocycles. The van der Waals surface area contributed by atoms with Gasteiger partial charge in [0.15, 0.2) is 0 Å². The van der Waals surface area contributed by atoms with Crippen LogP contribution in [0.5, 0.6) is 5.75 Å². The van der Waals surface area contributed by atoms with Gasteiger partial charge in [0.05, 0.1) is 11.6 Å². The first kappa shape index (κ1) is 14.9. The number of carboxylic acid groups (broad SMARTS) is 1. The van der Waals surface area contributed by atoms with Crippen molar-refractivity contribution in [3.8, 4) is 5.75 Å². The molecular weight excluding hydrogens is 300 g/mol. The van der Waals surface area contributed by atoms with Gasteiger partial charge >= 0.3 is 5.97 Å². The fraction of sp³-hybridized carbons (Fsp3) is 0.417. The van der Waals surface area contributed by atoms with Crippen LogP contribution in [0.15, 0.2) is 22.7 Å². The summed E-state index contributed by atoms with van der Waals surface area (Å²) in [4.78, 5) is 10.5. The molecule has 1 atom stereocenters. The van der Waals surface area contributed by atoms with Crippen LogP contribution in [0, 0.1) is 0 Å². The normalized spacial score (nSPS) is 12.2. The molecule has 18 heavy (non-hydrogen) atoms. The van der Waals surface area contributed by atoms with E-state index >= 15 is 0 Å². The van der Waals surface area contributed by atoms with Gasteiger partial charge in [0, 0.05) is 6.54 Å². The molecule has 0 aliphatic carbocycles. The number of nitrogens with two attached hydrogens (primary N) is 1. The maximum atomic E-state index is 10.5. The molecule has 0 aliphatic rings. The highest BCUT2D eigenvalue weighted by Crippen LogP contribution is 2.25. The number of hydrogen-bond donors (Lipinski definition) is 3. The van der Waals surface area contributed by atoms with Crippen molar-refractivity contribution >= 4 is 21.9 Å². The molecule has 0 amide bonds. The van der Waals surface area contributed by atoms with Crippen molar-refractivity contribution in [1.82, 2.24) is 5.32 Å². The van der Waals surface area contributed by atoms with E-state index in [-0.39, 0.29) is 0 Å². The number of halogens is 1. The van der Waals surface area contributed by atoms with Crippen LogP contribution in [0.2, 0.25) is 0 Å². The Morgan fingerprint density at radius 3 is 2.89 bits per heavy atom. The Bertz CT molecular complexity index is 412. The lowest BCUT2D eigenvalue weighted by molar-refractivity contribution is -0.138. The van der Waals surface area contributed by atoms with Crippen LogP contribution < -0.4 is 15.8 Å². The number of carbonyl (C=O) groups is 1. The standard InChI is InChI=1S/C12H17BrN2O3/c1-18-11-3-2-8(6-9(11)13)7-15-5-4-10(14)12(16)17/h2-3,6,10,15H,4-5,7,14H2,1H3,(H,16,17). The van der Waals surface area contributed by atoms with Crippen LogP contribution in [-0.2, 0) is 11.3 Å². The van der Waals surface area contributed by atoms with E-state index in [2.05, 4.69) is 21.2 Å². The Kier molecular flexibility index (Phi) is 6.11. The van der Waals surface area contributed by atoms with Crippen molar-refractivity contribution in [2.75, 3.05) is 13.7 Å². The van der Waals surface area contributed by atoms with Crippen molar-refractivity contribution in [2.45, 2.75) is 19.0 Å². The van der Waals surface area contributed by atoms with Crippen LogP contribution in [0.3, 0.4) is 0 Å². The van der Waals surface area contributed by atoms with Crippen molar-refractivity contribution in [3.05, 3.63) is 28.2 Å². The lowest BCUT2D eigenvalue weighted by atomic mass is 10.2. The first-order chi connectivity index (χ1) is 8.54. The molecule has 6 heteroatoms. The van der Waals surface area contributed by atoms with Gasteiger partial charge in [0.25, 0.3) is 0 Å². The average molecular weight is 317 g/mol. The van der Waals surface area contributed by atoms with E-state index < -0.39 is 12.0 Å². The molecule has 0 aromatic heterocycles. The zero-order valence-corrected chi connectivity index (χ0v) is 11.7. The molecule has 0 bridgehead atoms. The van der Waals surface area contributed by atoms with Crippen molar-refractivity contribution in [3.63, 3.8) is 0 Å². The van der Waals surface area contributed by atoms with Crippen LogP contribution >= 0.6 is 15.9 Å². The fourth-order valence-corrected chi connectivity index (χ4v) is 2.02. The number of nitrogens with one attached hydrogen (secondary N) is 1. The fourth-order valence-electron chi connectivity index (χ4n) is 1.43. The Morgan fingerprint density at radius 1 is 1.61 bits per heavy atom. The van der Waals surface area contributed by atoms with Gasteiger partial charge < -0.3 is 20.9 Å². The minimum absolute atomic E-state index is 0.409. The second-order valence-electron chi connectivity index (χ2n) is 3.88. The third kappa shape index (κ3) is 4.64. The predicted molar refractivity (Wildman–Crippen MR) is 72.6 cm³/mol. The summed E-state index contributed by atoms with van der Waals surface area (Å²) in [6, 6.07) is 4.99. The molecule has 0 spiro atoms. The largest absolute Gasteiger partial charge is 0.496 e. The Balaban J connectivity index is 2.36. The van der Waals surface area contributed by atoms with E-state index in [1.165, 1.54) is 0 Å². The summed E-state index contributed by atoms with van der Waals surface area (Å²) in [7, 11) is 1.62. The summed E-state index contributed by atoms with van der Waals surface area (Å²) in [5, 5.41) is 11.8. The molecule has 0 heterocycles. The van der Waals surface area contributed by atoms with Gasteiger partial charge in [0.2, 0.25) is 0 Å². The van der Waals surface area contributed by atoms with E-state index in [9.17, 15) is 4.79 Å². The van der Waals surface area contributed by atoms with E-state index in [0.29, 0.717) is 19.5 Å². The summed E-state index contributed by atoms with van der Waals surface area (Å²) >= 11 is 3.41. The van der Waals surface area contributed by atoms with Crippen LogP contribution in [0.4, 0.5) is 0 Å². The van der Waals surface area contributed by atoms with Gasteiger partial charge in [-0.15, -0.1) is 0 Å². The lowest BCUT2D eigenvalue weighted by Gasteiger charge is -2.09. The first-order valence-electron chi connectivity index (χ1n) is 5.56. The van der Waals surface area contributed by atoms with Crippen LogP contribution in [0.25, 0.3) is 0 Å². The monoisotopic (exact) mass is 316 g/mol. The minimum Gasteiger partial charge on any atom is -0.496 e. The molecule has 0 saturated heterocycles. The van der Waals surface area contributed by atoms with Crippen molar-refractivity contribution in [2.24, 2.45) is 5.73 Å². The van der Waals surface area contributed by atoms with Gasteiger partial charge in [-0.05, 0) is 46.6 Å². The van der Waals surface area contributed by atoms with E-state index in [1.807, 2.05) is 18.2 Å². The maximum Gasteiger partial charge on any atom is 0.320 e. The number of rotatable bonds is 7. The highest BCUT2D eigenvalue weighted by atomic mass is 79.9. The van der Waals surface area contributed by atoms with E-state index in [0.717, 1.165) is 15.8 Å². The second kappa shape index (κ2) is 7.35. The number of ether oxygens (including phenoxy) is 1. The summed E-state index contributed by atoms with van der Waals surface area (Å²) in [5.74, 6) is -0.185. The molecule has 0 fully saturated rings. The van der Waals surface area contributed by atoms with Gasteiger partial charge in [-0.3, -0.25) is 4.79 Å². The van der Waals surface area contributed by atoms with Crippen molar-refractivity contribution < 1.29 is 14.6 Å². The highest BCUT2D eigenvalue weighted by molar-refractivity contribution is 9.10. The molecule has 1 unspecified atom stereocenters. The number of methoxy groups -OCH3 is 1. The molecule has 1 aromatic rings. The van der Waals surface area contributed by atoms with Gasteiger partial charge in [-0.1, -0.05) is 6.07 Å². The zero-order chi connectivity index (χ0) is 13.5. The predicted octanol–water partition coefficient (Wildman–Crippen LogP) is 1.35. The maximum absolute atomic E-state index is 10.5. The molecule has 1 rings (SSSR count). The molecular formula is C12H17BrN2O3. The SMILES string of the molecule is COc1ccc(CNCCC(N)C(=O)O)cc1Br. The smallest absolute Gasteiger partial charge is 0.320 e. The summed E-state index contributed by atoms with van der Waals surface area (Å²) in [6.07, 6.45) is 0.409. The third-order valence-corrected chi connectivity index (χ3v) is 3.11. The number of carboxylic acids is 1. The van der Waals surface area contributed by atoms with Crippen molar-refractivity contribution in [1.29, 1.82) is 0 Å². The number of hydrogen-bond acceptors (Lipinski definition) is 4. The third-order valence-electron chi connectivity index (χ3n) is 2.49. The summed E-state index contributed by atoms with van der Waals surface area (Å²) in [6.45, 7) is 1.23. The van der Waals surface area contributed by atoms with Gasteiger partial charge in [-0.25, -0.2) is 0 Å². The van der Waals surface area contributed by atoms with Crippen LogP contribution in [-0.4, -0.2) is 30.8 Å². The molecule has 5 nitrogen and oxygen atoms in total. The highest BCUT2D eigenvalue weighted by Gasteiger charge is 2.09. The zero-order valence-electron chi connectivity index (χ0n) is 10.1. The van der Waals surface area contributed by atoms with Gasteiger partial charge in [0.1, 0.15) is 11.8 Å². The molecule has 4 N–H and O–H groups in total. The Hall–Kier alpha value is -1.11. The van der Waals surface area contributed by atoms with E-state index in [4.69, 9.17) is 15.6 Å². The summed E-state index contributed by atoms with van der Waals surface area (Å²) < 4.78 is 6.03. The molecule has 1 aromatic carbocycles. The minimum atomic E-state index is -0.969. The topological polar surface area (TPSA) is 84.6 Å². The quantitative estimate of drug-likeness (QED) is 0.661. The first-order valence-corrected chi connectivity index (χ1v) is 6.35. The molecule has 100 valence electrons. The molecule has 0 saturated carbocycles.